The highest BCUT2D eigenvalue weighted by atomic mass is 19.4. The van der Waals surface area contributed by atoms with Crippen LogP contribution in [-0.4, -0.2) is 9.55 Å². The van der Waals surface area contributed by atoms with Gasteiger partial charge in [0.1, 0.15) is 5.82 Å². The van der Waals surface area contributed by atoms with Gasteiger partial charge >= 0.3 is 6.18 Å². The van der Waals surface area contributed by atoms with Crippen LogP contribution in [0.2, 0.25) is 0 Å². The molecule has 0 spiro atoms. The lowest BCUT2D eigenvalue weighted by Gasteiger charge is -2.11. The van der Waals surface area contributed by atoms with Crippen LogP contribution in [-0.2, 0) is 6.18 Å². The molecule has 0 unspecified atom stereocenters. The average Bonchev–Trinajstić information content (AvgIpc) is 2.73. The quantitative estimate of drug-likeness (QED) is 0.457. The molecule has 144 valence electrons. The Morgan fingerprint density at radius 2 is 1.45 bits per heavy atom. The van der Waals surface area contributed by atoms with Crippen molar-refractivity contribution in [2.24, 2.45) is 0 Å². The number of benzene rings is 3. The zero-order chi connectivity index (χ0) is 20.4. The highest BCUT2D eigenvalue weighted by Gasteiger charge is 2.29. The van der Waals surface area contributed by atoms with E-state index in [1.165, 1.54) is 16.7 Å². The lowest BCUT2D eigenvalue weighted by atomic mass is 10.1. The van der Waals surface area contributed by atoms with Crippen LogP contribution < -0.4 is 5.56 Å². The summed E-state index contributed by atoms with van der Waals surface area (Å²) >= 11 is 0. The first-order chi connectivity index (χ1) is 13.9. The Morgan fingerprint density at radius 3 is 2.14 bits per heavy atom. The van der Waals surface area contributed by atoms with Crippen LogP contribution in [0.5, 0.6) is 0 Å². The molecule has 0 fully saturated rings. The van der Waals surface area contributed by atoms with Crippen molar-refractivity contribution in [2.45, 2.75) is 6.18 Å². The molecule has 0 bridgehead atoms. The molecule has 0 atom stereocenters. The molecule has 4 aromatic rings. The predicted octanol–water partition coefficient (Wildman–Crippen LogP) is 5.57. The van der Waals surface area contributed by atoms with Crippen LogP contribution >= 0.6 is 0 Å². The minimum Gasteiger partial charge on any atom is -0.268 e. The second kappa shape index (κ2) is 7.39. The molecule has 3 aromatic carbocycles. The third-order valence-electron chi connectivity index (χ3n) is 4.48. The van der Waals surface area contributed by atoms with Crippen molar-refractivity contribution in [2.75, 3.05) is 0 Å². The van der Waals surface area contributed by atoms with Gasteiger partial charge in [0, 0.05) is 0 Å². The minimum atomic E-state index is -4.38. The Balaban J connectivity index is 1.82. The molecular weight excluding hydrogens is 377 g/mol. The molecule has 0 radical (unpaired) electrons. The molecule has 0 amide bonds. The van der Waals surface area contributed by atoms with E-state index in [-0.39, 0.29) is 5.56 Å². The molecule has 0 aliphatic rings. The molecule has 4 rings (SSSR count). The van der Waals surface area contributed by atoms with Gasteiger partial charge in [0.05, 0.1) is 22.2 Å². The van der Waals surface area contributed by atoms with Crippen LogP contribution in [0.1, 0.15) is 17.0 Å². The van der Waals surface area contributed by atoms with Gasteiger partial charge in [0.15, 0.2) is 0 Å². The topological polar surface area (TPSA) is 34.9 Å². The summed E-state index contributed by atoms with van der Waals surface area (Å²) in [6, 6.07) is 20.9. The SMILES string of the molecule is O=c1c2ccccc2nc(C=Cc2ccc(C(F)(F)F)cc2)n1-c1ccccc1. The van der Waals surface area contributed by atoms with Crippen molar-refractivity contribution in [1.82, 2.24) is 9.55 Å². The van der Waals surface area contributed by atoms with Crippen molar-refractivity contribution < 1.29 is 13.2 Å². The van der Waals surface area contributed by atoms with Crippen molar-refractivity contribution in [1.29, 1.82) is 0 Å². The van der Waals surface area contributed by atoms with Crippen LogP contribution in [0.4, 0.5) is 13.2 Å². The summed E-state index contributed by atoms with van der Waals surface area (Å²) < 4.78 is 39.7. The van der Waals surface area contributed by atoms with Gasteiger partial charge in [-0.05, 0) is 48.0 Å². The van der Waals surface area contributed by atoms with E-state index in [0.717, 1.165) is 12.1 Å². The van der Waals surface area contributed by atoms with Crippen LogP contribution in [0.15, 0.2) is 83.7 Å². The van der Waals surface area contributed by atoms with Crippen LogP contribution in [0.3, 0.4) is 0 Å². The fourth-order valence-electron chi connectivity index (χ4n) is 3.04. The lowest BCUT2D eigenvalue weighted by molar-refractivity contribution is -0.137. The van der Waals surface area contributed by atoms with E-state index < -0.39 is 11.7 Å². The van der Waals surface area contributed by atoms with E-state index in [1.54, 1.807) is 48.6 Å². The van der Waals surface area contributed by atoms with Gasteiger partial charge in [0.2, 0.25) is 0 Å². The van der Waals surface area contributed by atoms with Gasteiger partial charge in [0.25, 0.3) is 5.56 Å². The zero-order valence-corrected chi connectivity index (χ0v) is 15.1. The average molecular weight is 392 g/mol. The van der Waals surface area contributed by atoms with Gasteiger partial charge in [-0.2, -0.15) is 13.2 Å². The molecule has 6 heteroatoms. The van der Waals surface area contributed by atoms with Gasteiger partial charge in [-0.15, -0.1) is 0 Å². The largest absolute Gasteiger partial charge is 0.416 e. The van der Waals surface area contributed by atoms with E-state index in [1.807, 2.05) is 18.2 Å². The number of hydrogen-bond acceptors (Lipinski definition) is 2. The molecule has 0 aliphatic carbocycles. The van der Waals surface area contributed by atoms with Gasteiger partial charge < -0.3 is 0 Å². The smallest absolute Gasteiger partial charge is 0.268 e. The van der Waals surface area contributed by atoms with E-state index in [9.17, 15) is 18.0 Å². The Morgan fingerprint density at radius 1 is 0.793 bits per heavy atom. The van der Waals surface area contributed by atoms with Crippen LogP contribution in [0.25, 0.3) is 28.7 Å². The number of hydrogen-bond donors (Lipinski definition) is 0. The van der Waals surface area contributed by atoms with Crippen LogP contribution in [0, 0.1) is 0 Å². The molecule has 0 saturated carbocycles. The second-order valence-corrected chi connectivity index (χ2v) is 6.42. The maximum absolute atomic E-state index is 13.1. The van der Waals surface area contributed by atoms with E-state index in [2.05, 4.69) is 4.98 Å². The number of nitrogens with zero attached hydrogens (tertiary/aromatic N) is 2. The van der Waals surface area contributed by atoms with E-state index in [4.69, 9.17) is 0 Å². The number of rotatable bonds is 3. The highest BCUT2D eigenvalue weighted by molar-refractivity contribution is 5.80. The summed E-state index contributed by atoms with van der Waals surface area (Å²) in [5.41, 5.74) is 0.855. The Labute approximate surface area is 164 Å². The van der Waals surface area contributed by atoms with Gasteiger partial charge in [-0.25, -0.2) is 4.98 Å². The summed E-state index contributed by atoms with van der Waals surface area (Å²) in [5.74, 6) is 0.389. The summed E-state index contributed by atoms with van der Waals surface area (Å²) in [6.45, 7) is 0. The van der Waals surface area contributed by atoms with E-state index >= 15 is 0 Å². The number of aromatic nitrogens is 2. The molecule has 29 heavy (non-hydrogen) atoms. The van der Waals surface area contributed by atoms with Crippen molar-refractivity contribution >= 4 is 23.1 Å². The lowest BCUT2D eigenvalue weighted by Crippen LogP contribution is -2.22. The number of halogens is 3. The van der Waals surface area contributed by atoms with Gasteiger partial charge in [-0.3, -0.25) is 9.36 Å². The van der Waals surface area contributed by atoms with E-state index in [0.29, 0.717) is 28.0 Å². The van der Waals surface area contributed by atoms with Crippen molar-refractivity contribution in [3.63, 3.8) is 0 Å². The number of fused-ring (bicyclic) bond motifs is 1. The Kier molecular flexibility index (Phi) is 4.76. The fraction of sp³-hybridized carbons (Fsp3) is 0.0435. The van der Waals surface area contributed by atoms with Crippen molar-refractivity contribution in [3.05, 3.63) is 106 Å². The molecule has 3 nitrogen and oxygen atoms in total. The van der Waals surface area contributed by atoms with Crippen molar-refractivity contribution in [3.8, 4) is 5.69 Å². The summed E-state index contributed by atoms with van der Waals surface area (Å²) in [4.78, 5) is 17.7. The third-order valence-corrected chi connectivity index (χ3v) is 4.48. The maximum Gasteiger partial charge on any atom is 0.416 e. The number of para-hydroxylation sites is 2. The monoisotopic (exact) mass is 392 g/mol. The normalized spacial score (nSPS) is 12.0. The fourth-order valence-corrected chi connectivity index (χ4v) is 3.04. The Hall–Kier alpha value is -3.67. The Bertz CT molecular complexity index is 1240. The molecule has 1 aromatic heterocycles. The minimum absolute atomic E-state index is 0.214. The molecule has 0 aliphatic heterocycles. The van der Waals surface area contributed by atoms with Gasteiger partial charge in [-0.1, -0.05) is 48.5 Å². The zero-order valence-electron chi connectivity index (χ0n) is 15.1. The first kappa shape index (κ1) is 18.7. The summed E-state index contributed by atoms with van der Waals surface area (Å²) in [6.07, 6.45) is -1.12. The predicted molar refractivity (Wildman–Crippen MR) is 108 cm³/mol. The molecule has 0 N–H and O–H groups in total. The summed E-state index contributed by atoms with van der Waals surface area (Å²) in [5, 5.41) is 0.489. The molecule has 0 saturated heterocycles. The molecular formula is C23H15F3N2O. The first-order valence-corrected chi connectivity index (χ1v) is 8.86. The third kappa shape index (κ3) is 3.82. The maximum atomic E-state index is 13.1. The highest BCUT2D eigenvalue weighted by Crippen LogP contribution is 2.29. The molecule has 1 heterocycles. The standard InChI is InChI=1S/C23H15F3N2O/c24-23(25,26)17-13-10-16(11-14-17)12-15-21-27-20-9-5-4-8-19(20)22(29)28(21)18-6-2-1-3-7-18/h1-15H. The summed E-state index contributed by atoms with van der Waals surface area (Å²) in [7, 11) is 0. The first-order valence-electron chi connectivity index (χ1n) is 8.86. The second-order valence-electron chi connectivity index (χ2n) is 6.42. The number of alkyl halides is 3.